The highest BCUT2D eigenvalue weighted by molar-refractivity contribution is 7.91. The molecule has 2 aromatic rings. The predicted molar refractivity (Wildman–Crippen MR) is 85.5 cm³/mol. The number of furan rings is 1. The molecule has 1 aromatic heterocycles. The molecular weight excluding hydrogens is 336 g/mol. The normalized spacial score (nSPS) is 11.0. The highest BCUT2D eigenvalue weighted by Crippen LogP contribution is 2.26. The van der Waals surface area contributed by atoms with E-state index < -0.39 is 21.7 Å². The number of sulfone groups is 1. The smallest absolute Gasteiger partial charge is 0.287 e. The van der Waals surface area contributed by atoms with E-state index in [1.165, 1.54) is 43.5 Å². The van der Waals surface area contributed by atoms with E-state index in [1.54, 1.807) is 0 Å². The van der Waals surface area contributed by atoms with Crippen LogP contribution in [0, 0.1) is 0 Å². The van der Waals surface area contributed by atoms with Gasteiger partial charge in [-0.1, -0.05) is 6.92 Å². The molecule has 24 heavy (non-hydrogen) atoms. The summed E-state index contributed by atoms with van der Waals surface area (Å²) in [5, 5.41) is 14.4. The van der Waals surface area contributed by atoms with Crippen LogP contribution in [-0.2, 0) is 14.6 Å². The largest absolute Gasteiger partial charge is 0.506 e. The first-order valence-corrected chi connectivity index (χ1v) is 8.66. The first kappa shape index (κ1) is 17.5. The second-order valence-electron chi connectivity index (χ2n) is 4.79. The zero-order chi connectivity index (χ0) is 17.7. The molecule has 0 aliphatic heterocycles. The molecule has 1 heterocycles. The topological polar surface area (TPSA) is 126 Å². The number of anilines is 1. The second-order valence-corrected chi connectivity index (χ2v) is 7.07. The van der Waals surface area contributed by atoms with Gasteiger partial charge < -0.3 is 20.2 Å². The minimum atomic E-state index is -3.47. The van der Waals surface area contributed by atoms with E-state index in [0.717, 1.165) is 0 Å². The van der Waals surface area contributed by atoms with Crippen molar-refractivity contribution >= 4 is 27.3 Å². The summed E-state index contributed by atoms with van der Waals surface area (Å²) in [6.07, 6.45) is 1.33. The maximum atomic E-state index is 11.9. The summed E-state index contributed by atoms with van der Waals surface area (Å²) in [6.45, 7) is 1.12. The Labute approximate surface area is 138 Å². The molecular formula is C15H16N2O6S. The Morgan fingerprint density at radius 1 is 1.25 bits per heavy atom. The highest BCUT2D eigenvalue weighted by Gasteiger charge is 2.16. The van der Waals surface area contributed by atoms with Gasteiger partial charge in [0.05, 0.1) is 29.1 Å². The van der Waals surface area contributed by atoms with E-state index in [-0.39, 0.29) is 34.4 Å². The van der Waals surface area contributed by atoms with E-state index in [9.17, 15) is 23.1 Å². The third kappa shape index (κ3) is 4.13. The van der Waals surface area contributed by atoms with E-state index in [4.69, 9.17) is 4.42 Å². The molecule has 0 saturated heterocycles. The summed E-state index contributed by atoms with van der Waals surface area (Å²) in [7, 11) is -3.47. The molecule has 3 N–H and O–H groups in total. The number of rotatable bonds is 6. The van der Waals surface area contributed by atoms with Crippen molar-refractivity contribution in [2.45, 2.75) is 11.8 Å². The fraction of sp³-hybridized carbons (Fsp3) is 0.200. The quantitative estimate of drug-likeness (QED) is 0.670. The molecule has 1 aromatic carbocycles. The number of hydrogen-bond acceptors (Lipinski definition) is 6. The third-order valence-electron chi connectivity index (χ3n) is 3.14. The summed E-state index contributed by atoms with van der Waals surface area (Å²) in [5.74, 6) is -1.53. The molecule has 128 valence electrons. The number of amides is 2. The number of nitrogens with one attached hydrogen (secondary N) is 2. The zero-order valence-corrected chi connectivity index (χ0v) is 13.6. The molecule has 0 spiro atoms. The van der Waals surface area contributed by atoms with Crippen molar-refractivity contribution in [2.24, 2.45) is 0 Å². The first-order valence-electron chi connectivity index (χ1n) is 7.01. The Bertz CT molecular complexity index is 843. The van der Waals surface area contributed by atoms with Crippen LogP contribution in [0.25, 0.3) is 0 Å². The van der Waals surface area contributed by atoms with Gasteiger partial charge >= 0.3 is 0 Å². The standard InChI is InChI=1S/C15H16N2O6S/c1-2-24(21,22)10-5-6-12(18)11(8-10)17-14(19)9-16-15(20)13-4-3-7-23-13/h3-8,18H,2,9H2,1H3,(H,16,20)(H,17,19). The maximum Gasteiger partial charge on any atom is 0.287 e. The monoisotopic (exact) mass is 352 g/mol. The summed E-state index contributed by atoms with van der Waals surface area (Å²) in [5.41, 5.74) is -0.0539. The molecule has 2 rings (SSSR count). The maximum absolute atomic E-state index is 11.9. The number of aromatic hydroxyl groups is 1. The first-order chi connectivity index (χ1) is 11.3. The van der Waals surface area contributed by atoms with Crippen LogP contribution < -0.4 is 10.6 Å². The van der Waals surface area contributed by atoms with Crippen molar-refractivity contribution in [3.8, 4) is 5.75 Å². The van der Waals surface area contributed by atoms with Crippen LogP contribution >= 0.6 is 0 Å². The zero-order valence-electron chi connectivity index (χ0n) is 12.8. The number of phenolic OH excluding ortho intramolecular Hbond substituents is 1. The Morgan fingerprint density at radius 3 is 2.62 bits per heavy atom. The van der Waals surface area contributed by atoms with Crippen molar-refractivity contribution < 1.29 is 27.5 Å². The molecule has 0 fully saturated rings. The summed E-state index contributed by atoms with van der Waals surface area (Å²) >= 11 is 0. The molecule has 0 aliphatic rings. The lowest BCUT2D eigenvalue weighted by atomic mass is 10.3. The van der Waals surface area contributed by atoms with Crippen molar-refractivity contribution in [1.29, 1.82) is 0 Å². The summed E-state index contributed by atoms with van der Waals surface area (Å²) in [6, 6.07) is 6.58. The van der Waals surface area contributed by atoms with Gasteiger partial charge in [-0.15, -0.1) is 0 Å². The van der Waals surface area contributed by atoms with Crippen LogP contribution in [0.3, 0.4) is 0 Å². The average molecular weight is 352 g/mol. The second kappa shape index (κ2) is 7.18. The highest BCUT2D eigenvalue weighted by atomic mass is 32.2. The van der Waals surface area contributed by atoms with Gasteiger partial charge in [-0.25, -0.2) is 8.42 Å². The molecule has 2 amide bonds. The number of carbonyl (C=O) groups is 2. The average Bonchev–Trinajstić information content (AvgIpc) is 3.09. The minimum absolute atomic E-state index is 0.0160. The van der Waals surface area contributed by atoms with Crippen LogP contribution in [0.2, 0.25) is 0 Å². The lowest BCUT2D eigenvalue weighted by Crippen LogP contribution is -2.32. The number of phenols is 1. The molecule has 0 unspecified atom stereocenters. The van der Waals surface area contributed by atoms with Crippen molar-refractivity contribution in [2.75, 3.05) is 17.6 Å². The van der Waals surface area contributed by atoms with Crippen molar-refractivity contribution in [1.82, 2.24) is 5.32 Å². The van der Waals surface area contributed by atoms with Crippen LogP contribution in [-0.4, -0.2) is 37.6 Å². The van der Waals surface area contributed by atoms with Crippen LogP contribution in [0.5, 0.6) is 5.75 Å². The van der Waals surface area contributed by atoms with Gasteiger partial charge in [0.1, 0.15) is 5.75 Å². The molecule has 0 saturated carbocycles. The van der Waals surface area contributed by atoms with Gasteiger partial charge in [0.25, 0.3) is 5.91 Å². The molecule has 9 heteroatoms. The van der Waals surface area contributed by atoms with Crippen LogP contribution in [0.15, 0.2) is 45.9 Å². The Kier molecular flexibility index (Phi) is 5.24. The summed E-state index contributed by atoms with van der Waals surface area (Å²) in [4.78, 5) is 23.5. The predicted octanol–water partition coefficient (Wildman–Crippen LogP) is 1.15. The SMILES string of the molecule is CCS(=O)(=O)c1ccc(O)c(NC(=O)CNC(=O)c2ccco2)c1. The van der Waals surface area contributed by atoms with Crippen molar-refractivity contribution in [3.05, 3.63) is 42.4 Å². The Morgan fingerprint density at radius 2 is 2.00 bits per heavy atom. The van der Waals surface area contributed by atoms with E-state index in [2.05, 4.69) is 10.6 Å². The minimum Gasteiger partial charge on any atom is -0.506 e. The van der Waals surface area contributed by atoms with Gasteiger partial charge in [0.2, 0.25) is 5.91 Å². The molecule has 0 atom stereocenters. The van der Waals surface area contributed by atoms with Gasteiger partial charge in [0, 0.05) is 0 Å². The van der Waals surface area contributed by atoms with E-state index >= 15 is 0 Å². The van der Waals surface area contributed by atoms with Crippen LogP contribution in [0.1, 0.15) is 17.5 Å². The lowest BCUT2D eigenvalue weighted by molar-refractivity contribution is -0.115. The molecule has 8 nitrogen and oxygen atoms in total. The van der Waals surface area contributed by atoms with E-state index in [0.29, 0.717) is 0 Å². The number of benzene rings is 1. The molecule has 0 radical (unpaired) electrons. The van der Waals surface area contributed by atoms with Gasteiger partial charge in [-0.05, 0) is 30.3 Å². The van der Waals surface area contributed by atoms with Gasteiger partial charge in [0.15, 0.2) is 15.6 Å². The summed E-state index contributed by atoms with van der Waals surface area (Å²) < 4.78 is 28.5. The Balaban J connectivity index is 2.03. The van der Waals surface area contributed by atoms with Crippen molar-refractivity contribution in [3.63, 3.8) is 0 Å². The molecule has 0 bridgehead atoms. The number of hydrogen-bond donors (Lipinski definition) is 3. The Hall–Kier alpha value is -2.81. The third-order valence-corrected chi connectivity index (χ3v) is 4.87. The van der Waals surface area contributed by atoms with Gasteiger partial charge in [-0.3, -0.25) is 9.59 Å². The molecule has 0 aliphatic carbocycles. The van der Waals surface area contributed by atoms with E-state index in [1.807, 2.05) is 0 Å². The fourth-order valence-electron chi connectivity index (χ4n) is 1.83. The number of carbonyl (C=O) groups excluding carboxylic acids is 2. The van der Waals surface area contributed by atoms with Crippen LogP contribution in [0.4, 0.5) is 5.69 Å². The fourth-order valence-corrected chi connectivity index (χ4v) is 2.73. The van der Waals surface area contributed by atoms with Gasteiger partial charge in [-0.2, -0.15) is 0 Å². The lowest BCUT2D eigenvalue weighted by Gasteiger charge is -2.10.